The lowest BCUT2D eigenvalue weighted by Crippen LogP contribution is -2.50. The van der Waals surface area contributed by atoms with Crippen molar-refractivity contribution in [3.63, 3.8) is 0 Å². The van der Waals surface area contributed by atoms with Crippen LogP contribution in [0, 0.1) is 0 Å². The SMILES string of the molecule is O=C(c1ccc(-c2ccccc2)cc1)N1CCN(C(=O)c2ccc(Cl)cc2Cl)CC1. The number of amides is 2. The van der Waals surface area contributed by atoms with E-state index in [0.717, 1.165) is 11.1 Å². The van der Waals surface area contributed by atoms with Crippen molar-refractivity contribution >= 4 is 35.0 Å². The number of benzene rings is 3. The Hall–Kier alpha value is -2.82. The number of nitrogens with zero attached hydrogens (tertiary/aromatic N) is 2. The van der Waals surface area contributed by atoms with E-state index in [-0.39, 0.29) is 11.8 Å². The van der Waals surface area contributed by atoms with Gasteiger partial charge < -0.3 is 9.80 Å². The number of hydrogen-bond acceptors (Lipinski definition) is 2. The molecular formula is C24H20Cl2N2O2. The molecule has 1 aliphatic rings. The molecule has 0 radical (unpaired) electrons. The molecule has 0 unspecified atom stereocenters. The summed E-state index contributed by atoms with van der Waals surface area (Å²) in [6.07, 6.45) is 0. The zero-order valence-electron chi connectivity index (χ0n) is 16.2. The predicted octanol–water partition coefficient (Wildman–Crippen LogP) is 5.26. The molecule has 0 aromatic heterocycles. The molecule has 3 aromatic rings. The van der Waals surface area contributed by atoms with Crippen LogP contribution in [-0.4, -0.2) is 47.8 Å². The Morgan fingerprint density at radius 1 is 0.667 bits per heavy atom. The topological polar surface area (TPSA) is 40.6 Å². The summed E-state index contributed by atoms with van der Waals surface area (Å²) in [5.74, 6) is -0.165. The highest BCUT2D eigenvalue weighted by Gasteiger charge is 2.26. The van der Waals surface area contributed by atoms with Crippen molar-refractivity contribution in [1.82, 2.24) is 9.80 Å². The number of carbonyl (C=O) groups is 2. The van der Waals surface area contributed by atoms with Gasteiger partial charge in [-0.05, 0) is 41.5 Å². The zero-order valence-corrected chi connectivity index (χ0v) is 17.7. The Morgan fingerprint density at radius 3 is 1.83 bits per heavy atom. The molecule has 4 rings (SSSR count). The summed E-state index contributed by atoms with van der Waals surface area (Å²) >= 11 is 12.1. The molecule has 0 aliphatic carbocycles. The summed E-state index contributed by atoms with van der Waals surface area (Å²) in [5.41, 5.74) is 3.26. The Bertz CT molecular complexity index is 1060. The highest BCUT2D eigenvalue weighted by molar-refractivity contribution is 6.36. The largest absolute Gasteiger partial charge is 0.335 e. The molecule has 0 bridgehead atoms. The lowest BCUT2D eigenvalue weighted by molar-refractivity contribution is 0.0535. The molecule has 30 heavy (non-hydrogen) atoms. The maximum atomic E-state index is 12.9. The van der Waals surface area contributed by atoms with Gasteiger partial charge in [-0.25, -0.2) is 0 Å². The van der Waals surface area contributed by atoms with E-state index in [2.05, 4.69) is 0 Å². The first kappa shape index (κ1) is 20.5. The first-order chi connectivity index (χ1) is 14.5. The number of hydrogen-bond donors (Lipinski definition) is 0. The molecule has 1 heterocycles. The summed E-state index contributed by atoms with van der Waals surface area (Å²) in [5, 5.41) is 0.828. The molecule has 1 aliphatic heterocycles. The van der Waals surface area contributed by atoms with Crippen LogP contribution in [0.15, 0.2) is 72.8 Å². The third kappa shape index (κ3) is 4.35. The lowest BCUT2D eigenvalue weighted by Gasteiger charge is -2.35. The molecule has 3 aromatic carbocycles. The maximum Gasteiger partial charge on any atom is 0.255 e. The molecule has 152 valence electrons. The minimum atomic E-state index is -0.143. The van der Waals surface area contributed by atoms with E-state index in [1.54, 1.807) is 28.0 Å². The van der Waals surface area contributed by atoms with Gasteiger partial charge in [0.1, 0.15) is 0 Å². The molecule has 2 amide bonds. The van der Waals surface area contributed by atoms with Crippen LogP contribution in [0.2, 0.25) is 10.0 Å². The molecule has 0 spiro atoms. The Kier molecular flexibility index (Phi) is 6.07. The molecule has 1 fully saturated rings. The van der Waals surface area contributed by atoms with Crippen LogP contribution in [0.4, 0.5) is 0 Å². The molecule has 4 nitrogen and oxygen atoms in total. The van der Waals surface area contributed by atoms with Crippen LogP contribution in [-0.2, 0) is 0 Å². The maximum absolute atomic E-state index is 12.9. The third-order valence-electron chi connectivity index (χ3n) is 5.25. The van der Waals surface area contributed by atoms with Crippen molar-refractivity contribution < 1.29 is 9.59 Å². The lowest BCUT2D eigenvalue weighted by atomic mass is 10.0. The number of rotatable bonds is 3. The summed E-state index contributed by atoms with van der Waals surface area (Å²) in [6, 6.07) is 22.5. The summed E-state index contributed by atoms with van der Waals surface area (Å²) in [7, 11) is 0. The van der Waals surface area contributed by atoms with E-state index in [1.807, 2.05) is 54.6 Å². The van der Waals surface area contributed by atoms with Crippen molar-refractivity contribution in [1.29, 1.82) is 0 Å². The van der Waals surface area contributed by atoms with Gasteiger partial charge in [0.05, 0.1) is 10.6 Å². The molecular weight excluding hydrogens is 419 g/mol. The van der Waals surface area contributed by atoms with Gasteiger partial charge in [0.2, 0.25) is 0 Å². The van der Waals surface area contributed by atoms with Gasteiger partial charge in [-0.2, -0.15) is 0 Å². The van der Waals surface area contributed by atoms with Gasteiger partial charge in [0.15, 0.2) is 0 Å². The second kappa shape index (κ2) is 8.90. The average Bonchev–Trinajstić information content (AvgIpc) is 2.79. The van der Waals surface area contributed by atoms with Crippen molar-refractivity contribution in [2.24, 2.45) is 0 Å². The van der Waals surface area contributed by atoms with Crippen LogP contribution in [0.5, 0.6) is 0 Å². The van der Waals surface area contributed by atoms with Crippen LogP contribution in [0.25, 0.3) is 11.1 Å². The van der Waals surface area contributed by atoms with Crippen LogP contribution >= 0.6 is 23.2 Å². The van der Waals surface area contributed by atoms with Crippen molar-refractivity contribution in [3.8, 4) is 11.1 Å². The van der Waals surface area contributed by atoms with Crippen molar-refractivity contribution in [2.45, 2.75) is 0 Å². The fourth-order valence-corrected chi connectivity index (χ4v) is 4.05. The molecule has 0 saturated carbocycles. The van der Waals surface area contributed by atoms with E-state index in [0.29, 0.717) is 47.4 Å². The van der Waals surface area contributed by atoms with Gasteiger partial charge in [0.25, 0.3) is 11.8 Å². The van der Waals surface area contributed by atoms with E-state index >= 15 is 0 Å². The first-order valence-electron chi connectivity index (χ1n) is 9.72. The van der Waals surface area contributed by atoms with E-state index < -0.39 is 0 Å². The van der Waals surface area contributed by atoms with Gasteiger partial charge in [-0.1, -0.05) is 65.7 Å². The van der Waals surface area contributed by atoms with Gasteiger partial charge in [-0.15, -0.1) is 0 Å². The Labute approximate surface area is 185 Å². The average molecular weight is 439 g/mol. The van der Waals surface area contributed by atoms with E-state index in [1.165, 1.54) is 0 Å². The highest BCUT2D eigenvalue weighted by Crippen LogP contribution is 2.23. The molecule has 6 heteroatoms. The summed E-state index contributed by atoms with van der Waals surface area (Å²) < 4.78 is 0. The second-order valence-corrected chi connectivity index (χ2v) is 8.00. The normalized spacial score (nSPS) is 13.9. The third-order valence-corrected chi connectivity index (χ3v) is 5.80. The number of carbonyl (C=O) groups excluding carboxylic acids is 2. The zero-order chi connectivity index (χ0) is 21.1. The fraction of sp³-hybridized carbons (Fsp3) is 0.167. The Morgan fingerprint density at radius 2 is 1.23 bits per heavy atom. The van der Waals surface area contributed by atoms with Crippen LogP contribution < -0.4 is 0 Å². The monoisotopic (exact) mass is 438 g/mol. The van der Waals surface area contributed by atoms with Crippen LogP contribution in [0.1, 0.15) is 20.7 Å². The minimum absolute atomic E-state index is 0.0220. The molecule has 0 atom stereocenters. The fourth-order valence-electron chi connectivity index (χ4n) is 3.56. The minimum Gasteiger partial charge on any atom is -0.335 e. The van der Waals surface area contributed by atoms with Gasteiger partial charge in [0, 0.05) is 36.8 Å². The number of piperazine rings is 1. The molecule has 1 saturated heterocycles. The van der Waals surface area contributed by atoms with Crippen molar-refractivity contribution in [3.05, 3.63) is 94.0 Å². The summed E-state index contributed by atoms with van der Waals surface area (Å²) in [4.78, 5) is 29.1. The quantitative estimate of drug-likeness (QED) is 0.559. The summed E-state index contributed by atoms with van der Waals surface area (Å²) in [6.45, 7) is 1.89. The molecule has 0 N–H and O–H groups in total. The first-order valence-corrected chi connectivity index (χ1v) is 10.5. The van der Waals surface area contributed by atoms with E-state index in [4.69, 9.17) is 23.2 Å². The number of halogens is 2. The standard InChI is InChI=1S/C24H20Cl2N2O2/c25-20-10-11-21(22(26)16-20)24(30)28-14-12-27(13-15-28)23(29)19-8-6-18(7-9-19)17-4-2-1-3-5-17/h1-11,16H,12-15H2. The van der Waals surface area contributed by atoms with Crippen LogP contribution in [0.3, 0.4) is 0 Å². The smallest absolute Gasteiger partial charge is 0.255 e. The van der Waals surface area contributed by atoms with Gasteiger partial charge in [-0.3, -0.25) is 9.59 Å². The second-order valence-electron chi connectivity index (χ2n) is 7.15. The highest BCUT2D eigenvalue weighted by atomic mass is 35.5. The van der Waals surface area contributed by atoms with Crippen molar-refractivity contribution in [2.75, 3.05) is 26.2 Å². The predicted molar refractivity (Wildman–Crippen MR) is 120 cm³/mol. The van der Waals surface area contributed by atoms with E-state index in [9.17, 15) is 9.59 Å². The Balaban J connectivity index is 1.39. The van der Waals surface area contributed by atoms with Gasteiger partial charge >= 0.3 is 0 Å².